The van der Waals surface area contributed by atoms with Gasteiger partial charge in [-0.3, -0.25) is 4.79 Å². The lowest BCUT2D eigenvalue weighted by Crippen LogP contribution is -2.22. The second-order valence-corrected chi connectivity index (χ2v) is 10.2. The highest BCUT2D eigenvalue weighted by Crippen LogP contribution is 2.30. The average Bonchev–Trinajstić information content (AvgIpc) is 3.51. The molecule has 2 aromatic heterocycles. The Labute approximate surface area is 201 Å². The highest BCUT2D eigenvalue weighted by molar-refractivity contribution is 8.01. The van der Waals surface area contributed by atoms with Crippen LogP contribution in [0.3, 0.4) is 0 Å². The van der Waals surface area contributed by atoms with E-state index in [-0.39, 0.29) is 17.8 Å². The zero-order chi connectivity index (χ0) is 23.4. The number of hydrogen-bond acceptors (Lipinski definition) is 8. The van der Waals surface area contributed by atoms with Crippen molar-refractivity contribution in [2.75, 3.05) is 23.0 Å². The third kappa shape index (κ3) is 5.55. The third-order valence-corrected chi connectivity index (χ3v) is 7.58. The minimum atomic E-state index is -0.189. The minimum Gasteiger partial charge on any atom is -0.376 e. The van der Waals surface area contributed by atoms with Crippen molar-refractivity contribution < 1.29 is 9.53 Å². The first kappa shape index (κ1) is 23.3. The van der Waals surface area contributed by atoms with E-state index in [0.717, 1.165) is 42.0 Å². The van der Waals surface area contributed by atoms with Crippen molar-refractivity contribution in [3.05, 3.63) is 46.6 Å². The second kappa shape index (κ2) is 10.4. The van der Waals surface area contributed by atoms with Gasteiger partial charge in [-0.1, -0.05) is 35.2 Å². The fraction of sp³-hybridized carbons (Fsp3) is 0.391. The predicted octanol–water partition coefficient (Wildman–Crippen LogP) is 4.79. The first-order valence-corrected chi connectivity index (χ1v) is 12.6. The van der Waals surface area contributed by atoms with Crippen LogP contribution in [0.15, 0.2) is 28.6 Å². The molecule has 3 aromatic rings. The summed E-state index contributed by atoms with van der Waals surface area (Å²) in [5.41, 5.74) is 4.46. The molecule has 1 fully saturated rings. The molecule has 0 bridgehead atoms. The second-order valence-electron chi connectivity index (χ2n) is 8.00. The van der Waals surface area contributed by atoms with Crippen LogP contribution >= 0.6 is 23.1 Å². The number of carbonyl (C=O) groups is 1. The molecule has 1 amide bonds. The molecule has 0 spiro atoms. The molecule has 1 aliphatic rings. The Bertz CT molecular complexity index is 1190. The number of hydrogen-bond donors (Lipinski definition) is 2. The fourth-order valence-corrected chi connectivity index (χ4v) is 5.38. The topological polar surface area (TPSA) is 105 Å². The molecule has 1 aromatic carbocycles. The van der Waals surface area contributed by atoms with E-state index in [1.54, 1.807) is 0 Å². The molecule has 1 atom stereocenters. The molecule has 2 N–H and O–H groups in total. The number of rotatable bonds is 8. The number of nitriles is 1. The molecule has 3 heterocycles. The van der Waals surface area contributed by atoms with Crippen molar-refractivity contribution in [3.8, 4) is 6.07 Å². The van der Waals surface area contributed by atoms with Crippen LogP contribution in [0.4, 0.5) is 16.6 Å². The normalized spacial score (nSPS) is 15.4. The number of ether oxygens (including phenoxy) is 1. The van der Waals surface area contributed by atoms with Gasteiger partial charge in [-0.05, 0) is 56.9 Å². The van der Waals surface area contributed by atoms with Gasteiger partial charge in [0.05, 0.1) is 24.0 Å². The van der Waals surface area contributed by atoms with Crippen LogP contribution in [0.5, 0.6) is 0 Å². The van der Waals surface area contributed by atoms with Crippen molar-refractivity contribution in [2.24, 2.45) is 0 Å². The SMILES string of the molecule is Cc1cccc(Nc2nnc(SCC(=O)Nc3c(C#N)c(C)c(C)n3CC3CCCO3)s2)c1. The Morgan fingerprint density at radius 3 is 2.94 bits per heavy atom. The molecule has 1 aliphatic heterocycles. The number of aryl methyl sites for hydroxylation is 1. The van der Waals surface area contributed by atoms with Gasteiger partial charge in [-0.15, -0.1) is 10.2 Å². The van der Waals surface area contributed by atoms with Gasteiger partial charge in [0.1, 0.15) is 11.9 Å². The largest absolute Gasteiger partial charge is 0.376 e. The molecule has 1 saturated heterocycles. The maximum atomic E-state index is 12.8. The number of anilines is 3. The Morgan fingerprint density at radius 1 is 1.36 bits per heavy atom. The van der Waals surface area contributed by atoms with Gasteiger partial charge in [-0.25, -0.2) is 0 Å². The smallest absolute Gasteiger partial charge is 0.235 e. The average molecular weight is 483 g/mol. The Balaban J connectivity index is 1.39. The van der Waals surface area contributed by atoms with Gasteiger partial charge < -0.3 is 19.9 Å². The van der Waals surface area contributed by atoms with E-state index >= 15 is 0 Å². The Hall–Kier alpha value is -2.87. The van der Waals surface area contributed by atoms with E-state index in [2.05, 4.69) is 26.9 Å². The van der Waals surface area contributed by atoms with Gasteiger partial charge in [0.15, 0.2) is 4.34 Å². The van der Waals surface area contributed by atoms with E-state index in [9.17, 15) is 10.1 Å². The lowest BCUT2D eigenvalue weighted by atomic mass is 10.2. The lowest BCUT2D eigenvalue weighted by molar-refractivity contribution is -0.113. The van der Waals surface area contributed by atoms with E-state index < -0.39 is 0 Å². The summed E-state index contributed by atoms with van der Waals surface area (Å²) in [4.78, 5) is 12.8. The number of thioether (sulfide) groups is 1. The van der Waals surface area contributed by atoms with Crippen LogP contribution < -0.4 is 10.6 Å². The Kier molecular flexibility index (Phi) is 7.33. The lowest BCUT2D eigenvalue weighted by Gasteiger charge is -2.16. The highest BCUT2D eigenvalue weighted by atomic mass is 32.2. The van der Waals surface area contributed by atoms with Crippen LogP contribution in [0.2, 0.25) is 0 Å². The molecule has 33 heavy (non-hydrogen) atoms. The number of nitrogens with zero attached hydrogens (tertiary/aromatic N) is 4. The highest BCUT2D eigenvalue weighted by Gasteiger charge is 2.24. The fourth-order valence-electron chi connectivity index (χ4n) is 3.81. The summed E-state index contributed by atoms with van der Waals surface area (Å²) < 4.78 is 8.47. The Morgan fingerprint density at radius 2 is 2.21 bits per heavy atom. The van der Waals surface area contributed by atoms with Crippen LogP contribution in [-0.4, -0.2) is 39.1 Å². The maximum absolute atomic E-state index is 12.8. The molecule has 172 valence electrons. The summed E-state index contributed by atoms with van der Waals surface area (Å²) in [7, 11) is 0. The van der Waals surface area contributed by atoms with Gasteiger partial charge in [0, 0.05) is 18.0 Å². The first-order chi connectivity index (χ1) is 15.9. The van der Waals surface area contributed by atoms with Crippen molar-refractivity contribution in [1.82, 2.24) is 14.8 Å². The summed E-state index contributed by atoms with van der Waals surface area (Å²) >= 11 is 2.72. The minimum absolute atomic E-state index is 0.104. The number of amides is 1. The van der Waals surface area contributed by atoms with Gasteiger partial charge in [-0.2, -0.15) is 5.26 Å². The molecule has 0 radical (unpaired) electrons. The van der Waals surface area contributed by atoms with Crippen molar-refractivity contribution in [3.63, 3.8) is 0 Å². The third-order valence-electron chi connectivity index (χ3n) is 5.61. The van der Waals surface area contributed by atoms with Crippen LogP contribution in [-0.2, 0) is 16.1 Å². The first-order valence-electron chi connectivity index (χ1n) is 10.8. The predicted molar refractivity (Wildman–Crippen MR) is 131 cm³/mol. The number of benzene rings is 1. The van der Waals surface area contributed by atoms with Crippen molar-refractivity contribution in [2.45, 2.75) is 50.6 Å². The summed E-state index contributed by atoms with van der Waals surface area (Å²) in [5.74, 6) is 0.534. The summed E-state index contributed by atoms with van der Waals surface area (Å²) in [5, 5.41) is 24.9. The molecule has 4 rings (SSSR count). The van der Waals surface area contributed by atoms with Gasteiger partial charge in [0.2, 0.25) is 11.0 Å². The van der Waals surface area contributed by atoms with Crippen molar-refractivity contribution >= 4 is 45.6 Å². The van der Waals surface area contributed by atoms with Crippen LogP contribution in [0.25, 0.3) is 0 Å². The quantitative estimate of drug-likeness (QED) is 0.445. The molecule has 1 unspecified atom stereocenters. The van der Waals surface area contributed by atoms with Gasteiger partial charge >= 0.3 is 0 Å². The number of carbonyl (C=O) groups excluding carboxylic acids is 1. The van der Waals surface area contributed by atoms with E-state index in [0.29, 0.717) is 27.4 Å². The monoisotopic (exact) mass is 482 g/mol. The molecule has 10 heteroatoms. The number of nitrogens with one attached hydrogen (secondary N) is 2. The summed E-state index contributed by atoms with van der Waals surface area (Å²) in [6.45, 7) is 7.30. The van der Waals surface area contributed by atoms with Crippen molar-refractivity contribution in [1.29, 1.82) is 5.26 Å². The molecule has 0 aliphatic carbocycles. The summed E-state index contributed by atoms with van der Waals surface area (Å²) in [6, 6.07) is 10.3. The summed E-state index contributed by atoms with van der Waals surface area (Å²) in [6.07, 6.45) is 2.13. The van der Waals surface area contributed by atoms with E-state index in [1.165, 1.54) is 23.1 Å². The molecule has 0 saturated carbocycles. The molecule has 8 nitrogen and oxygen atoms in total. The zero-order valence-corrected chi connectivity index (χ0v) is 20.5. The van der Waals surface area contributed by atoms with E-state index in [1.807, 2.05) is 49.6 Å². The van der Waals surface area contributed by atoms with Gasteiger partial charge in [0.25, 0.3) is 0 Å². The molecular weight excluding hydrogens is 456 g/mol. The van der Waals surface area contributed by atoms with Crippen LogP contribution in [0.1, 0.15) is 35.2 Å². The van der Waals surface area contributed by atoms with Crippen LogP contribution in [0, 0.1) is 32.1 Å². The maximum Gasteiger partial charge on any atom is 0.235 e. The van der Waals surface area contributed by atoms with E-state index in [4.69, 9.17) is 4.74 Å². The zero-order valence-electron chi connectivity index (χ0n) is 18.8. The molecular formula is C23H26N6O2S2. The standard InChI is InChI=1S/C23H26N6O2S2/c1-14-6-4-7-17(10-14)25-22-27-28-23(33-22)32-13-20(30)26-21-19(11-24)15(2)16(3)29(21)12-18-8-5-9-31-18/h4,6-7,10,18H,5,8-9,12-13H2,1-3H3,(H,25,27)(H,26,30). The number of aromatic nitrogens is 3.